The van der Waals surface area contributed by atoms with Gasteiger partial charge in [-0.3, -0.25) is 14.7 Å². The summed E-state index contributed by atoms with van der Waals surface area (Å²) in [7, 11) is 0. The van der Waals surface area contributed by atoms with Crippen molar-refractivity contribution in [3.8, 4) is 6.07 Å². The number of hydrogen-bond acceptors (Lipinski definition) is 4. The Balaban J connectivity index is 1.83. The van der Waals surface area contributed by atoms with Gasteiger partial charge in [0.15, 0.2) is 0 Å². The fraction of sp³-hybridized carbons (Fsp3) is 0.462. The van der Waals surface area contributed by atoms with Crippen molar-refractivity contribution in [2.24, 2.45) is 5.92 Å². The molecule has 1 atom stereocenters. The Bertz CT molecular complexity index is 500. The summed E-state index contributed by atoms with van der Waals surface area (Å²) in [6, 6.07) is 4.90. The molecule has 0 spiro atoms. The SMILES string of the molecule is N#CCN1CCC(C(=O)NCc2ncccc2F)C1. The van der Waals surface area contributed by atoms with Gasteiger partial charge in [-0.15, -0.1) is 0 Å². The van der Waals surface area contributed by atoms with Gasteiger partial charge in [0.1, 0.15) is 5.82 Å². The van der Waals surface area contributed by atoms with Gasteiger partial charge in [-0.05, 0) is 25.1 Å². The van der Waals surface area contributed by atoms with E-state index in [1.165, 1.54) is 18.3 Å². The van der Waals surface area contributed by atoms with Crippen LogP contribution < -0.4 is 5.32 Å². The molecule has 0 saturated carbocycles. The number of nitrogens with zero attached hydrogens (tertiary/aromatic N) is 3. The van der Waals surface area contributed by atoms with Crippen LogP contribution >= 0.6 is 0 Å². The van der Waals surface area contributed by atoms with Crippen molar-refractivity contribution >= 4 is 5.91 Å². The highest BCUT2D eigenvalue weighted by atomic mass is 19.1. The fourth-order valence-electron chi connectivity index (χ4n) is 2.15. The summed E-state index contributed by atoms with van der Waals surface area (Å²) in [4.78, 5) is 17.7. The molecule has 1 fully saturated rings. The number of nitrogens with one attached hydrogen (secondary N) is 1. The summed E-state index contributed by atoms with van der Waals surface area (Å²) >= 11 is 0. The first-order valence-corrected chi connectivity index (χ1v) is 6.17. The van der Waals surface area contributed by atoms with Gasteiger partial charge in [0, 0.05) is 12.7 Å². The highest BCUT2D eigenvalue weighted by Crippen LogP contribution is 2.15. The number of carbonyl (C=O) groups excluding carboxylic acids is 1. The molecule has 100 valence electrons. The van der Waals surface area contributed by atoms with E-state index in [2.05, 4.69) is 16.4 Å². The standard InChI is InChI=1S/C13H15FN4O/c14-11-2-1-5-16-12(11)8-17-13(19)10-3-6-18(9-10)7-4-15/h1-2,5,10H,3,6-9H2,(H,17,19). The summed E-state index contributed by atoms with van der Waals surface area (Å²) in [5, 5.41) is 11.3. The number of likely N-dealkylation sites (tertiary alicyclic amines) is 1. The largest absolute Gasteiger partial charge is 0.350 e. The molecule has 1 aromatic rings. The monoisotopic (exact) mass is 262 g/mol. The molecule has 6 heteroatoms. The van der Waals surface area contributed by atoms with E-state index < -0.39 is 5.82 Å². The number of halogens is 1. The predicted octanol–water partition coefficient (Wildman–Crippen LogP) is 0.682. The quantitative estimate of drug-likeness (QED) is 0.810. The van der Waals surface area contributed by atoms with E-state index in [4.69, 9.17) is 5.26 Å². The van der Waals surface area contributed by atoms with Crippen LogP contribution in [-0.2, 0) is 11.3 Å². The third-order valence-electron chi connectivity index (χ3n) is 3.20. The van der Waals surface area contributed by atoms with Crippen LogP contribution in [0.4, 0.5) is 4.39 Å². The van der Waals surface area contributed by atoms with Crippen LogP contribution in [0.2, 0.25) is 0 Å². The Labute approximate surface area is 111 Å². The van der Waals surface area contributed by atoms with Gasteiger partial charge >= 0.3 is 0 Å². The van der Waals surface area contributed by atoms with Crippen LogP contribution in [0, 0.1) is 23.1 Å². The van der Waals surface area contributed by atoms with Crippen molar-refractivity contribution in [1.82, 2.24) is 15.2 Å². The Kier molecular flexibility index (Phi) is 4.42. The molecular weight excluding hydrogens is 247 g/mol. The van der Waals surface area contributed by atoms with Gasteiger partial charge in [-0.1, -0.05) is 0 Å². The maximum absolute atomic E-state index is 13.3. The smallest absolute Gasteiger partial charge is 0.224 e. The second-order valence-corrected chi connectivity index (χ2v) is 4.53. The maximum atomic E-state index is 13.3. The van der Waals surface area contributed by atoms with Gasteiger partial charge in [-0.2, -0.15) is 5.26 Å². The number of carbonyl (C=O) groups is 1. The van der Waals surface area contributed by atoms with Crippen LogP contribution in [0.25, 0.3) is 0 Å². The molecule has 1 N–H and O–H groups in total. The van der Waals surface area contributed by atoms with Gasteiger partial charge in [0.2, 0.25) is 5.91 Å². The summed E-state index contributed by atoms with van der Waals surface area (Å²) in [5.41, 5.74) is 0.239. The molecular formula is C13H15FN4O. The lowest BCUT2D eigenvalue weighted by Crippen LogP contribution is -2.33. The fourth-order valence-corrected chi connectivity index (χ4v) is 2.15. The van der Waals surface area contributed by atoms with E-state index in [-0.39, 0.29) is 24.1 Å². The maximum Gasteiger partial charge on any atom is 0.224 e. The van der Waals surface area contributed by atoms with Crippen LogP contribution in [0.5, 0.6) is 0 Å². The van der Waals surface area contributed by atoms with Gasteiger partial charge in [0.25, 0.3) is 0 Å². The molecule has 1 aliphatic rings. The van der Waals surface area contributed by atoms with E-state index in [9.17, 15) is 9.18 Å². The van der Waals surface area contributed by atoms with Crippen molar-refractivity contribution in [2.75, 3.05) is 19.6 Å². The molecule has 19 heavy (non-hydrogen) atoms. The van der Waals surface area contributed by atoms with Crippen molar-refractivity contribution in [1.29, 1.82) is 5.26 Å². The number of pyridine rings is 1. The Morgan fingerprint density at radius 2 is 2.53 bits per heavy atom. The molecule has 1 aliphatic heterocycles. The zero-order valence-electron chi connectivity index (χ0n) is 10.5. The van der Waals surface area contributed by atoms with E-state index in [0.29, 0.717) is 13.1 Å². The van der Waals surface area contributed by atoms with Crippen molar-refractivity contribution < 1.29 is 9.18 Å². The number of rotatable bonds is 4. The second-order valence-electron chi connectivity index (χ2n) is 4.53. The lowest BCUT2D eigenvalue weighted by atomic mass is 10.1. The van der Waals surface area contributed by atoms with E-state index in [1.54, 1.807) is 0 Å². The van der Waals surface area contributed by atoms with Crippen LogP contribution in [0.15, 0.2) is 18.3 Å². The summed E-state index contributed by atoms with van der Waals surface area (Å²) in [6.45, 7) is 1.78. The van der Waals surface area contributed by atoms with E-state index >= 15 is 0 Å². The normalized spacial score (nSPS) is 19.1. The first-order chi connectivity index (χ1) is 9.20. The molecule has 0 bridgehead atoms. The molecule has 2 rings (SSSR count). The molecule has 0 radical (unpaired) electrons. The number of nitriles is 1. The Morgan fingerprint density at radius 3 is 3.26 bits per heavy atom. The lowest BCUT2D eigenvalue weighted by molar-refractivity contribution is -0.124. The topological polar surface area (TPSA) is 69.0 Å². The Hall–Kier alpha value is -2.00. The first-order valence-electron chi connectivity index (χ1n) is 6.17. The number of hydrogen-bond donors (Lipinski definition) is 1. The molecule has 1 aromatic heterocycles. The minimum atomic E-state index is -0.416. The van der Waals surface area contributed by atoms with Crippen LogP contribution in [-0.4, -0.2) is 35.4 Å². The number of aromatic nitrogens is 1. The molecule has 1 amide bonds. The zero-order chi connectivity index (χ0) is 13.7. The average molecular weight is 262 g/mol. The predicted molar refractivity (Wildman–Crippen MR) is 66.2 cm³/mol. The van der Waals surface area contributed by atoms with E-state index in [1.807, 2.05) is 4.90 Å². The van der Waals surface area contributed by atoms with Crippen LogP contribution in [0.1, 0.15) is 12.1 Å². The highest BCUT2D eigenvalue weighted by molar-refractivity contribution is 5.79. The zero-order valence-corrected chi connectivity index (χ0v) is 10.5. The Morgan fingerprint density at radius 1 is 1.68 bits per heavy atom. The van der Waals surface area contributed by atoms with E-state index in [0.717, 1.165) is 13.0 Å². The molecule has 0 aromatic carbocycles. The highest BCUT2D eigenvalue weighted by Gasteiger charge is 2.27. The third kappa shape index (κ3) is 3.48. The molecule has 5 nitrogen and oxygen atoms in total. The summed E-state index contributed by atoms with van der Waals surface area (Å²) < 4.78 is 13.3. The van der Waals surface area contributed by atoms with Crippen molar-refractivity contribution in [3.63, 3.8) is 0 Å². The molecule has 1 saturated heterocycles. The van der Waals surface area contributed by atoms with Gasteiger partial charge < -0.3 is 5.32 Å². The summed E-state index contributed by atoms with van der Waals surface area (Å²) in [6.07, 6.45) is 2.23. The summed E-state index contributed by atoms with van der Waals surface area (Å²) in [5.74, 6) is -0.647. The average Bonchev–Trinajstić information content (AvgIpc) is 2.87. The molecule has 0 aliphatic carbocycles. The molecule has 1 unspecified atom stereocenters. The third-order valence-corrected chi connectivity index (χ3v) is 3.20. The second kappa shape index (κ2) is 6.25. The minimum Gasteiger partial charge on any atom is -0.350 e. The van der Waals surface area contributed by atoms with Gasteiger partial charge in [0.05, 0.1) is 30.8 Å². The first kappa shape index (κ1) is 13.4. The van der Waals surface area contributed by atoms with Gasteiger partial charge in [-0.25, -0.2) is 4.39 Å². The molecule has 2 heterocycles. The van der Waals surface area contributed by atoms with Crippen LogP contribution in [0.3, 0.4) is 0 Å². The number of amides is 1. The van der Waals surface area contributed by atoms with Crippen molar-refractivity contribution in [3.05, 3.63) is 29.8 Å². The van der Waals surface area contributed by atoms with Crippen molar-refractivity contribution in [2.45, 2.75) is 13.0 Å². The lowest BCUT2D eigenvalue weighted by Gasteiger charge is -2.12. The minimum absolute atomic E-state index is 0.0975.